The highest BCUT2D eigenvalue weighted by Crippen LogP contribution is 2.28. The third-order valence-electron chi connectivity index (χ3n) is 6.09. The average molecular weight is 428 g/mol. The quantitative estimate of drug-likeness (QED) is 0.686. The molecule has 4 rings (SSSR count). The van der Waals surface area contributed by atoms with E-state index in [0.717, 1.165) is 36.6 Å². The second-order valence-electron chi connectivity index (χ2n) is 8.14. The maximum Gasteiger partial charge on any atom is 0.226 e. The number of benzene rings is 1. The number of hydrogen-bond donors (Lipinski definition) is 1. The standard InChI is InChI=1S/C22H29N5O4/c1-14(21-25-24-19-5-4-9-27(19)21)23-22(29)16-12-20(28)26(13-16)10-8-15-6-7-17(30-2)18(11-15)31-3/h6-7,11,14,16H,4-5,8-10,12-13H2,1-3H3,(H,23,29)/t14-,16-/m1/s1. The van der Waals surface area contributed by atoms with Crippen molar-refractivity contribution in [3.05, 3.63) is 35.4 Å². The Morgan fingerprint density at radius 1 is 1.26 bits per heavy atom. The summed E-state index contributed by atoms with van der Waals surface area (Å²) < 4.78 is 12.7. The molecule has 31 heavy (non-hydrogen) atoms. The predicted molar refractivity (Wildman–Crippen MR) is 113 cm³/mol. The van der Waals surface area contributed by atoms with Crippen molar-refractivity contribution in [1.29, 1.82) is 0 Å². The molecule has 1 saturated heterocycles. The fourth-order valence-electron chi connectivity index (χ4n) is 4.35. The Balaban J connectivity index is 1.32. The van der Waals surface area contributed by atoms with Gasteiger partial charge in [-0.15, -0.1) is 10.2 Å². The molecule has 0 spiro atoms. The van der Waals surface area contributed by atoms with Gasteiger partial charge in [0.15, 0.2) is 17.3 Å². The molecule has 2 atom stereocenters. The molecule has 0 unspecified atom stereocenters. The minimum Gasteiger partial charge on any atom is -0.493 e. The van der Waals surface area contributed by atoms with E-state index in [0.29, 0.717) is 31.0 Å². The van der Waals surface area contributed by atoms with Crippen LogP contribution in [-0.4, -0.2) is 58.8 Å². The number of amides is 2. The van der Waals surface area contributed by atoms with E-state index in [2.05, 4.69) is 20.1 Å². The smallest absolute Gasteiger partial charge is 0.226 e. The highest BCUT2D eigenvalue weighted by atomic mass is 16.5. The first-order valence-electron chi connectivity index (χ1n) is 10.7. The molecular weight excluding hydrogens is 398 g/mol. The van der Waals surface area contributed by atoms with E-state index in [1.165, 1.54) is 0 Å². The van der Waals surface area contributed by atoms with E-state index < -0.39 is 0 Å². The monoisotopic (exact) mass is 427 g/mol. The van der Waals surface area contributed by atoms with Crippen molar-refractivity contribution >= 4 is 11.8 Å². The van der Waals surface area contributed by atoms with Gasteiger partial charge in [-0.1, -0.05) is 6.07 Å². The summed E-state index contributed by atoms with van der Waals surface area (Å²) >= 11 is 0. The Morgan fingerprint density at radius 3 is 2.84 bits per heavy atom. The molecule has 0 radical (unpaired) electrons. The second-order valence-corrected chi connectivity index (χ2v) is 8.14. The molecule has 2 amide bonds. The van der Waals surface area contributed by atoms with E-state index in [-0.39, 0.29) is 30.2 Å². The lowest BCUT2D eigenvalue weighted by atomic mass is 10.1. The zero-order valence-corrected chi connectivity index (χ0v) is 18.3. The van der Waals surface area contributed by atoms with Gasteiger partial charge in [0.25, 0.3) is 0 Å². The summed E-state index contributed by atoms with van der Waals surface area (Å²) in [4.78, 5) is 27.0. The minimum atomic E-state index is -0.346. The summed E-state index contributed by atoms with van der Waals surface area (Å²) in [5.41, 5.74) is 1.05. The first kappa shape index (κ1) is 21.1. The SMILES string of the molecule is COc1ccc(CCN2C[C@H](C(=O)N[C@H](C)c3nnc4n3CCC4)CC2=O)cc1OC. The first-order valence-corrected chi connectivity index (χ1v) is 10.7. The number of nitrogens with one attached hydrogen (secondary N) is 1. The van der Waals surface area contributed by atoms with Crippen LogP contribution >= 0.6 is 0 Å². The van der Waals surface area contributed by atoms with Crippen molar-refractivity contribution < 1.29 is 19.1 Å². The number of hydrogen-bond acceptors (Lipinski definition) is 6. The fraction of sp³-hybridized carbons (Fsp3) is 0.545. The van der Waals surface area contributed by atoms with Crippen molar-refractivity contribution in [2.45, 2.75) is 45.2 Å². The van der Waals surface area contributed by atoms with Crippen LogP contribution < -0.4 is 14.8 Å². The maximum atomic E-state index is 12.8. The largest absolute Gasteiger partial charge is 0.493 e. The molecule has 166 valence electrons. The van der Waals surface area contributed by atoms with E-state index in [1.54, 1.807) is 19.1 Å². The van der Waals surface area contributed by atoms with Gasteiger partial charge in [0.2, 0.25) is 11.8 Å². The summed E-state index contributed by atoms with van der Waals surface area (Å²) in [6, 6.07) is 5.51. The molecule has 0 saturated carbocycles. The molecule has 1 fully saturated rings. The Bertz CT molecular complexity index is 973. The normalized spacial score (nSPS) is 18.7. The van der Waals surface area contributed by atoms with Crippen molar-refractivity contribution in [2.75, 3.05) is 27.3 Å². The number of rotatable bonds is 8. The van der Waals surface area contributed by atoms with Crippen LogP contribution in [0.1, 0.15) is 43.0 Å². The zero-order valence-electron chi connectivity index (χ0n) is 18.3. The molecule has 1 aromatic carbocycles. The van der Waals surface area contributed by atoms with Crippen molar-refractivity contribution in [3.8, 4) is 11.5 Å². The maximum absolute atomic E-state index is 12.8. The Hall–Kier alpha value is -3.10. The number of aryl methyl sites for hydroxylation is 1. The molecule has 9 heteroatoms. The van der Waals surface area contributed by atoms with E-state index in [9.17, 15) is 9.59 Å². The number of ether oxygens (including phenoxy) is 2. The van der Waals surface area contributed by atoms with Gasteiger partial charge in [0.1, 0.15) is 5.82 Å². The van der Waals surface area contributed by atoms with Crippen LogP contribution in [0.15, 0.2) is 18.2 Å². The molecular formula is C22H29N5O4. The lowest BCUT2D eigenvalue weighted by molar-refractivity contribution is -0.129. The first-order chi connectivity index (χ1) is 15.0. The topological polar surface area (TPSA) is 98.6 Å². The van der Waals surface area contributed by atoms with Crippen LogP contribution in [-0.2, 0) is 29.0 Å². The Labute approximate surface area is 181 Å². The number of aromatic nitrogens is 3. The van der Waals surface area contributed by atoms with E-state index in [4.69, 9.17) is 9.47 Å². The number of methoxy groups -OCH3 is 2. The average Bonchev–Trinajstić information content (AvgIpc) is 3.47. The number of carbonyl (C=O) groups is 2. The predicted octanol–water partition coefficient (Wildman–Crippen LogP) is 1.51. The number of nitrogens with zero attached hydrogens (tertiary/aromatic N) is 4. The van der Waals surface area contributed by atoms with Gasteiger partial charge in [-0.25, -0.2) is 0 Å². The molecule has 1 aromatic heterocycles. The molecule has 1 N–H and O–H groups in total. The third kappa shape index (κ3) is 4.35. The Kier molecular flexibility index (Phi) is 6.11. The number of fused-ring (bicyclic) bond motifs is 1. The molecule has 9 nitrogen and oxygen atoms in total. The number of likely N-dealkylation sites (tertiary alicyclic amines) is 1. The van der Waals surface area contributed by atoms with Crippen molar-refractivity contribution in [2.24, 2.45) is 5.92 Å². The molecule has 0 bridgehead atoms. The van der Waals surface area contributed by atoms with Crippen LogP contribution in [0.4, 0.5) is 0 Å². The molecule has 2 aromatic rings. The summed E-state index contributed by atoms with van der Waals surface area (Å²) in [5, 5.41) is 11.5. The molecule has 3 heterocycles. The van der Waals surface area contributed by atoms with Gasteiger partial charge in [0, 0.05) is 32.5 Å². The third-order valence-corrected chi connectivity index (χ3v) is 6.09. The lowest BCUT2D eigenvalue weighted by Gasteiger charge is -2.19. The van der Waals surface area contributed by atoms with Crippen LogP contribution in [0.2, 0.25) is 0 Å². The van der Waals surface area contributed by atoms with Crippen LogP contribution in [0, 0.1) is 5.92 Å². The van der Waals surface area contributed by atoms with Crippen molar-refractivity contribution in [3.63, 3.8) is 0 Å². The summed E-state index contributed by atoms with van der Waals surface area (Å²) in [7, 11) is 3.20. The fourth-order valence-corrected chi connectivity index (χ4v) is 4.35. The van der Waals surface area contributed by atoms with Gasteiger partial charge >= 0.3 is 0 Å². The highest BCUT2D eigenvalue weighted by molar-refractivity contribution is 5.89. The van der Waals surface area contributed by atoms with Gasteiger partial charge in [-0.2, -0.15) is 0 Å². The summed E-state index contributed by atoms with van der Waals surface area (Å²) in [5.74, 6) is 2.67. The van der Waals surface area contributed by atoms with Crippen LogP contribution in [0.3, 0.4) is 0 Å². The van der Waals surface area contributed by atoms with Crippen LogP contribution in [0.5, 0.6) is 11.5 Å². The molecule has 2 aliphatic rings. The summed E-state index contributed by atoms with van der Waals surface area (Å²) in [6.45, 7) is 3.80. The van der Waals surface area contributed by atoms with Crippen LogP contribution in [0.25, 0.3) is 0 Å². The lowest BCUT2D eigenvalue weighted by Crippen LogP contribution is -2.35. The second kappa shape index (κ2) is 8.95. The Morgan fingerprint density at radius 2 is 2.06 bits per heavy atom. The van der Waals surface area contributed by atoms with Gasteiger partial charge in [-0.05, 0) is 37.5 Å². The number of carbonyl (C=O) groups excluding carboxylic acids is 2. The van der Waals surface area contributed by atoms with E-state index >= 15 is 0 Å². The van der Waals surface area contributed by atoms with Crippen molar-refractivity contribution in [1.82, 2.24) is 25.0 Å². The summed E-state index contributed by atoms with van der Waals surface area (Å²) in [6.07, 6.45) is 2.91. The zero-order chi connectivity index (χ0) is 22.0. The molecule has 2 aliphatic heterocycles. The molecule has 0 aliphatic carbocycles. The minimum absolute atomic E-state index is 0.0108. The van der Waals surface area contributed by atoms with Gasteiger partial charge < -0.3 is 24.3 Å². The van der Waals surface area contributed by atoms with Gasteiger partial charge in [-0.3, -0.25) is 9.59 Å². The van der Waals surface area contributed by atoms with E-state index in [1.807, 2.05) is 25.1 Å². The van der Waals surface area contributed by atoms with Gasteiger partial charge in [0.05, 0.1) is 26.2 Å². The highest BCUT2D eigenvalue weighted by Gasteiger charge is 2.35.